The summed E-state index contributed by atoms with van der Waals surface area (Å²) >= 11 is 0. The van der Waals surface area contributed by atoms with Crippen molar-refractivity contribution in [3.63, 3.8) is 0 Å². The number of carbonyl (C=O) groups excluding carboxylic acids is 1. The van der Waals surface area contributed by atoms with Gasteiger partial charge < -0.3 is 15.2 Å². The van der Waals surface area contributed by atoms with Crippen LogP contribution < -0.4 is 10.1 Å². The lowest BCUT2D eigenvalue weighted by molar-refractivity contribution is -0.136. The summed E-state index contributed by atoms with van der Waals surface area (Å²) in [5.74, 6) is 0.0378. The van der Waals surface area contributed by atoms with Crippen LogP contribution in [0.1, 0.15) is 86.1 Å². The highest BCUT2D eigenvalue weighted by atomic mass is 16.5. The van der Waals surface area contributed by atoms with Crippen molar-refractivity contribution in [2.75, 3.05) is 0 Å². The van der Waals surface area contributed by atoms with Crippen LogP contribution in [-0.2, 0) is 23.2 Å². The minimum atomic E-state index is -0.889. The normalized spacial score (nSPS) is 12.3. The Balaban J connectivity index is 1.86. The smallest absolute Gasteiger partial charge is 0.303 e. The molecule has 1 atom stereocenters. The minimum absolute atomic E-state index is 0.0379. The van der Waals surface area contributed by atoms with E-state index in [1.807, 2.05) is 48.5 Å². The van der Waals surface area contributed by atoms with Crippen LogP contribution in [0.5, 0.6) is 5.75 Å². The third-order valence-corrected chi connectivity index (χ3v) is 6.37. The molecule has 5 heteroatoms. The van der Waals surface area contributed by atoms with Crippen LogP contribution in [0.25, 0.3) is 0 Å². The number of aliphatic carboxylic acids is 1. The Bertz CT molecular complexity index is 1180. The molecule has 1 amide bonds. The second-order valence-corrected chi connectivity index (χ2v) is 11.0. The number of carboxylic acid groups (broad SMARTS) is 1. The van der Waals surface area contributed by atoms with Gasteiger partial charge in [-0.15, -0.1) is 0 Å². The first-order valence-corrected chi connectivity index (χ1v) is 13.0. The van der Waals surface area contributed by atoms with E-state index in [0.29, 0.717) is 18.1 Å². The molecule has 0 fully saturated rings. The second kappa shape index (κ2) is 12.6. The standard InChI is InChI=1S/C32H39NO4/c1-22(2)19-29(25-13-16-26(17-14-25)32(3,4)5)33-31(36)28-20-23(11-12-24(28)15-18-30(34)35)21-37-27-9-7-6-8-10-27/h6-14,16-17,20,22,29H,15,18-19,21H2,1-5H3,(H,33,36)(H,34,35). The van der Waals surface area contributed by atoms with E-state index in [0.717, 1.165) is 28.9 Å². The van der Waals surface area contributed by atoms with Gasteiger partial charge in [0.25, 0.3) is 5.91 Å². The van der Waals surface area contributed by atoms with Crippen molar-refractivity contribution < 1.29 is 19.4 Å². The van der Waals surface area contributed by atoms with E-state index < -0.39 is 5.97 Å². The van der Waals surface area contributed by atoms with Gasteiger partial charge in [0.1, 0.15) is 12.4 Å². The number of para-hydroxylation sites is 1. The lowest BCUT2D eigenvalue weighted by Gasteiger charge is -2.24. The van der Waals surface area contributed by atoms with Crippen molar-refractivity contribution >= 4 is 11.9 Å². The van der Waals surface area contributed by atoms with Crippen LogP contribution in [0.15, 0.2) is 72.8 Å². The maximum atomic E-state index is 13.6. The molecule has 0 heterocycles. The summed E-state index contributed by atoms with van der Waals surface area (Å²) in [6, 6.07) is 23.4. The van der Waals surface area contributed by atoms with Gasteiger partial charge in [-0.25, -0.2) is 0 Å². The number of aryl methyl sites for hydroxylation is 1. The van der Waals surface area contributed by atoms with Crippen molar-refractivity contribution in [1.82, 2.24) is 5.32 Å². The zero-order chi connectivity index (χ0) is 27.0. The predicted molar refractivity (Wildman–Crippen MR) is 148 cm³/mol. The number of nitrogens with one attached hydrogen (secondary N) is 1. The molecule has 0 radical (unpaired) electrons. The Morgan fingerprint density at radius 1 is 0.946 bits per heavy atom. The lowest BCUT2D eigenvalue weighted by Crippen LogP contribution is -2.30. The Kier molecular flexibility index (Phi) is 9.51. The van der Waals surface area contributed by atoms with Crippen molar-refractivity contribution in [3.05, 3.63) is 101 Å². The third-order valence-electron chi connectivity index (χ3n) is 6.37. The summed E-state index contributed by atoms with van der Waals surface area (Å²) in [7, 11) is 0. The summed E-state index contributed by atoms with van der Waals surface area (Å²) in [4.78, 5) is 24.9. The SMILES string of the molecule is CC(C)CC(NC(=O)c1cc(COc2ccccc2)ccc1CCC(=O)O)c1ccc(C(C)(C)C)cc1. The van der Waals surface area contributed by atoms with E-state index in [2.05, 4.69) is 64.2 Å². The van der Waals surface area contributed by atoms with Crippen LogP contribution >= 0.6 is 0 Å². The molecule has 3 aromatic rings. The quantitative estimate of drug-likeness (QED) is 0.294. The van der Waals surface area contributed by atoms with Gasteiger partial charge in [0, 0.05) is 12.0 Å². The van der Waals surface area contributed by atoms with Crippen molar-refractivity contribution in [3.8, 4) is 5.75 Å². The monoisotopic (exact) mass is 501 g/mol. The first-order valence-electron chi connectivity index (χ1n) is 13.0. The Labute approximate surface area is 220 Å². The first-order chi connectivity index (χ1) is 17.5. The molecule has 0 aliphatic carbocycles. The zero-order valence-electron chi connectivity index (χ0n) is 22.6. The summed E-state index contributed by atoms with van der Waals surface area (Å²) < 4.78 is 5.88. The van der Waals surface area contributed by atoms with Gasteiger partial charge in [0.05, 0.1) is 6.04 Å². The minimum Gasteiger partial charge on any atom is -0.489 e. The van der Waals surface area contributed by atoms with Crippen LogP contribution in [0.2, 0.25) is 0 Å². The van der Waals surface area contributed by atoms with Gasteiger partial charge in [-0.3, -0.25) is 9.59 Å². The molecular weight excluding hydrogens is 462 g/mol. The van der Waals surface area contributed by atoms with Crippen LogP contribution in [-0.4, -0.2) is 17.0 Å². The zero-order valence-corrected chi connectivity index (χ0v) is 22.6. The van der Waals surface area contributed by atoms with Gasteiger partial charge in [0.15, 0.2) is 0 Å². The number of carboxylic acids is 1. The van der Waals surface area contributed by atoms with Gasteiger partial charge in [-0.1, -0.05) is 89.2 Å². The molecule has 37 heavy (non-hydrogen) atoms. The Morgan fingerprint density at radius 2 is 1.62 bits per heavy atom. The molecule has 196 valence electrons. The molecule has 0 bridgehead atoms. The largest absolute Gasteiger partial charge is 0.489 e. The van der Waals surface area contributed by atoms with E-state index in [1.54, 1.807) is 0 Å². The fraction of sp³-hybridized carbons (Fsp3) is 0.375. The first kappa shape index (κ1) is 28.0. The van der Waals surface area contributed by atoms with Gasteiger partial charge in [0.2, 0.25) is 0 Å². The van der Waals surface area contributed by atoms with E-state index >= 15 is 0 Å². The van der Waals surface area contributed by atoms with E-state index in [4.69, 9.17) is 4.74 Å². The van der Waals surface area contributed by atoms with Gasteiger partial charge in [-0.05, 0) is 64.6 Å². The maximum Gasteiger partial charge on any atom is 0.303 e. The molecule has 0 aliphatic heterocycles. The van der Waals surface area contributed by atoms with Crippen LogP contribution in [0, 0.1) is 5.92 Å². The molecule has 0 spiro atoms. The van der Waals surface area contributed by atoms with Gasteiger partial charge >= 0.3 is 5.97 Å². The second-order valence-electron chi connectivity index (χ2n) is 11.0. The molecule has 0 saturated carbocycles. The Morgan fingerprint density at radius 3 is 2.22 bits per heavy atom. The van der Waals surface area contributed by atoms with Crippen LogP contribution in [0.4, 0.5) is 0 Å². The summed E-state index contributed by atoms with van der Waals surface area (Å²) in [6.07, 6.45) is 1.04. The Hall–Kier alpha value is -3.60. The molecule has 0 aliphatic rings. The van der Waals surface area contributed by atoms with Crippen molar-refractivity contribution in [2.45, 2.75) is 71.9 Å². The van der Waals surface area contributed by atoms with Crippen LogP contribution in [0.3, 0.4) is 0 Å². The molecule has 1 unspecified atom stereocenters. The highest BCUT2D eigenvalue weighted by Gasteiger charge is 2.21. The number of hydrogen-bond donors (Lipinski definition) is 2. The number of amides is 1. The molecule has 3 aromatic carbocycles. The summed E-state index contributed by atoms with van der Waals surface area (Å²) in [5.41, 5.74) is 4.42. The van der Waals surface area contributed by atoms with Gasteiger partial charge in [-0.2, -0.15) is 0 Å². The number of carbonyl (C=O) groups is 2. The fourth-order valence-corrected chi connectivity index (χ4v) is 4.27. The van der Waals surface area contributed by atoms with E-state index in [9.17, 15) is 14.7 Å². The molecule has 2 N–H and O–H groups in total. The molecule has 0 saturated heterocycles. The third kappa shape index (κ3) is 8.49. The average molecular weight is 502 g/mol. The van der Waals surface area contributed by atoms with E-state index in [1.165, 1.54) is 5.56 Å². The molecule has 5 nitrogen and oxygen atoms in total. The lowest BCUT2D eigenvalue weighted by atomic mass is 9.85. The van der Waals surface area contributed by atoms with Crippen molar-refractivity contribution in [1.29, 1.82) is 0 Å². The number of benzene rings is 3. The summed E-state index contributed by atoms with van der Waals surface area (Å²) in [5, 5.41) is 12.5. The number of rotatable bonds is 11. The highest BCUT2D eigenvalue weighted by Crippen LogP contribution is 2.27. The average Bonchev–Trinajstić information content (AvgIpc) is 2.86. The fourth-order valence-electron chi connectivity index (χ4n) is 4.27. The molecule has 0 aromatic heterocycles. The summed E-state index contributed by atoms with van der Waals surface area (Å²) in [6.45, 7) is 11.1. The van der Waals surface area contributed by atoms with E-state index in [-0.39, 0.29) is 30.2 Å². The van der Waals surface area contributed by atoms with Crippen molar-refractivity contribution in [2.24, 2.45) is 5.92 Å². The highest BCUT2D eigenvalue weighted by molar-refractivity contribution is 5.96. The topological polar surface area (TPSA) is 75.6 Å². The number of hydrogen-bond acceptors (Lipinski definition) is 3. The maximum absolute atomic E-state index is 13.6. The molecule has 3 rings (SSSR count). The predicted octanol–water partition coefficient (Wildman–Crippen LogP) is 7.10. The molecular formula is C32H39NO4. The number of ether oxygens (including phenoxy) is 1.